The minimum Gasteiger partial charge on any atom is -0.308 e. The minimum absolute atomic E-state index is 0.633. The van der Waals surface area contributed by atoms with E-state index in [0.717, 1.165) is 17.8 Å². The maximum atomic E-state index is 4.73. The molecule has 0 bridgehead atoms. The van der Waals surface area contributed by atoms with Crippen LogP contribution in [-0.4, -0.2) is 35.1 Å². The number of hydrogen-bond acceptors (Lipinski definition) is 3. The predicted octanol–water partition coefficient (Wildman–Crippen LogP) is 3.20. The van der Waals surface area contributed by atoms with E-state index in [-0.39, 0.29) is 0 Å². The first-order valence-electron chi connectivity index (χ1n) is 8.04. The number of piperidine rings is 1. The Labute approximate surface area is 127 Å². The number of hydrogen-bond donors (Lipinski definition) is 1. The highest BCUT2D eigenvalue weighted by Gasteiger charge is 2.20. The summed E-state index contributed by atoms with van der Waals surface area (Å²) in [6.45, 7) is 7.86. The molecule has 0 aliphatic carbocycles. The average molecular weight is 283 g/mol. The van der Waals surface area contributed by atoms with Crippen LogP contribution in [0.5, 0.6) is 0 Å². The minimum atomic E-state index is 0.633. The summed E-state index contributed by atoms with van der Waals surface area (Å²) in [5.41, 5.74) is 2.23. The van der Waals surface area contributed by atoms with Gasteiger partial charge in [-0.1, -0.05) is 24.3 Å². The number of nitrogens with zero attached hydrogens (tertiary/aromatic N) is 2. The summed E-state index contributed by atoms with van der Waals surface area (Å²) in [4.78, 5) is 7.29. The lowest BCUT2D eigenvalue weighted by Crippen LogP contribution is -2.44. The SMILES string of the molecule is CC(C)N1CCC(NCc2ccc3ccccc3n2)CC1. The molecule has 2 aromatic rings. The largest absolute Gasteiger partial charge is 0.308 e. The molecular formula is C18H25N3. The molecule has 1 aromatic heterocycles. The van der Waals surface area contributed by atoms with Gasteiger partial charge in [-0.15, -0.1) is 0 Å². The molecule has 0 radical (unpaired) electrons. The van der Waals surface area contributed by atoms with Gasteiger partial charge in [0.2, 0.25) is 0 Å². The maximum Gasteiger partial charge on any atom is 0.0705 e. The summed E-state index contributed by atoms with van der Waals surface area (Å²) in [6, 6.07) is 13.9. The van der Waals surface area contributed by atoms with Gasteiger partial charge in [-0.2, -0.15) is 0 Å². The van der Waals surface area contributed by atoms with Crippen LogP contribution >= 0.6 is 0 Å². The zero-order valence-electron chi connectivity index (χ0n) is 13.0. The Bertz CT molecular complexity index is 586. The summed E-state index contributed by atoms with van der Waals surface area (Å²) < 4.78 is 0. The number of fused-ring (bicyclic) bond motifs is 1. The van der Waals surface area contributed by atoms with Crippen LogP contribution in [0.15, 0.2) is 36.4 Å². The topological polar surface area (TPSA) is 28.2 Å². The summed E-state index contributed by atoms with van der Waals surface area (Å²) in [5, 5.41) is 4.89. The number of likely N-dealkylation sites (tertiary alicyclic amines) is 1. The highest BCUT2D eigenvalue weighted by Crippen LogP contribution is 2.15. The van der Waals surface area contributed by atoms with Crippen LogP contribution in [0, 0.1) is 0 Å². The molecule has 1 N–H and O–H groups in total. The van der Waals surface area contributed by atoms with Crippen molar-refractivity contribution in [3.8, 4) is 0 Å². The Morgan fingerprint density at radius 1 is 1.14 bits per heavy atom. The molecule has 1 fully saturated rings. The molecule has 0 amide bonds. The number of pyridine rings is 1. The van der Waals surface area contributed by atoms with Gasteiger partial charge in [0, 0.05) is 24.0 Å². The van der Waals surface area contributed by atoms with Crippen molar-refractivity contribution in [2.75, 3.05) is 13.1 Å². The first kappa shape index (κ1) is 14.5. The van der Waals surface area contributed by atoms with E-state index in [9.17, 15) is 0 Å². The van der Waals surface area contributed by atoms with Crippen LogP contribution in [0.4, 0.5) is 0 Å². The van der Waals surface area contributed by atoms with Gasteiger partial charge < -0.3 is 10.2 Å². The molecule has 112 valence electrons. The fourth-order valence-corrected chi connectivity index (χ4v) is 3.08. The first-order chi connectivity index (χ1) is 10.2. The van der Waals surface area contributed by atoms with E-state index in [1.807, 2.05) is 6.07 Å². The van der Waals surface area contributed by atoms with E-state index in [4.69, 9.17) is 4.98 Å². The van der Waals surface area contributed by atoms with Gasteiger partial charge in [0.1, 0.15) is 0 Å². The normalized spacial score (nSPS) is 17.7. The Kier molecular flexibility index (Phi) is 4.51. The number of aromatic nitrogens is 1. The molecule has 21 heavy (non-hydrogen) atoms. The van der Waals surface area contributed by atoms with Gasteiger partial charge in [0.05, 0.1) is 11.2 Å². The van der Waals surface area contributed by atoms with Gasteiger partial charge in [-0.05, 0) is 51.9 Å². The Morgan fingerprint density at radius 3 is 2.67 bits per heavy atom. The van der Waals surface area contributed by atoms with E-state index >= 15 is 0 Å². The van der Waals surface area contributed by atoms with Gasteiger partial charge in [0.15, 0.2) is 0 Å². The molecule has 3 heteroatoms. The third-order valence-electron chi connectivity index (χ3n) is 4.49. The number of rotatable bonds is 4. The van der Waals surface area contributed by atoms with E-state index in [2.05, 4.69) is 54.4 Å². The average Bonchev–Trinajstić information content (AvgIpc) is 2.53. The number of benzene rings is 1. The fourth-order valence-electron chi connectivity index (χ4n) is 3.08. The molecule has 0 spiro atoms. The zero-order valence-corrected chi connectivity index (χ0v) is 13.0. The lowest BCUT2D eigenvalue weighted by molar-refractivity contribution is 0.160. The second-order valence-electron chi connectivity index (χ2n) is 6.28. The molecule has 3 rings (SSSR count). The summed E-state index contributed by atoms with van der Waals surface area (Å²) in [7, 11) is 0. The number of nitrogens with one attached hydrogen (secondary N) is 1. The highest BCUT2D eigenvalue weighted by molar-refractivity contribution is 5.78. The third kappa shape index (κ3) is 3.60. The second-order valence-corrected chi connectivity index (χ2v) is 6.28. The van der Waals surface area contributed by atoms with Crippen molar-refractivity contribution in [1.29, 1.82) is 0 Å². The Morgan fingerprint density at radius 2 is 1.90 bits per heavy atom. The highest BCUT2D eigenvalue weighted by atomic mass is 15.2. The Balaban J connectivity index is 1.55. The van der Waals surface area contributed by atoms with Crippen LogP contribution in [0.1, 0.15) is 32.4 Å². The van der Waals surface area contributed by atoms with Crippen molar-refractivity contribution < 1.29 is 0 Å². The predicted molar refractivity (Wildman–Crippen MR) is 88.3 cm³/mol. The summed E-state index contributed by atoms with van der Waals surface area (Å²) in [5.74, 6) is 0. The molecule has 0 saturated carbocycles. The molecule has 1 saturated heterocycles. The maximum absolute atomic E-state index is 4.73. The second kappa shape index (κ2) is 6.54. The van der Waals surface area contributed by atoms with Crippen LogP contribution in [0.2, 0.25) is 0 Å². The molecule has 1 aliphatic heterocycles. The molecule has 0 unspecified atom stereocenters. The molecule has 1 aliphatic rings. The zero-order chi connectivity index (χ0) is 14.7. The quantitative estimate of drug-likeness (QED) is 0.934. The van der Waals surface area contributed by atoms with Crippen LogP contribution in [-0.2, 0) is 6.54 Å². The van der Waals surface area contributed by atoms with Gasteiger partial charge >= 0.3 is 0 Å². The van der Waals surface area contributed by atoms with Crippen molar-refractivity contribution in [2.24, 2.45) is 0 Å². The van der Waals surface area contributed by atoms with Crippen molar-refractivity contribution >= 4 is 10.9 Å². The van der Waals surface area contributed by atoms with Gasteiger partial charge in [-0.25, -0.2) is 0 Å². The third-order valence-corrected chi connectivity index (χ3v) is 4.49. The molecule has 2 heterocycles. The van der Waals surface area contributed by atoms with E-state index in [1.54, 1.807) is 0 Å². The van der Waals surface area contributed by atoms with E-state index in [0.29, 0.717) is 12.1 Å². The summed E-state index contributed by atoms with van der Waals surface area (Å²) >= 11 is 0. The molecule has 1 aromatic carbocycles. The van der Waals surface area contributed by atoms with Gasteiger partial charge in [0.25, 0.3) is 0 Å². The first-order valence-corrected chi connectivity index (χ1v) is 8.04. The fraction of sp³-hybridized carbons (Fsp3) is 0.500. The van der Waals surface area contributed by atoms with E-state index < -0.39 is 0 Å². The van der Waals surface area contributed by atoms with Crippen LogP contribution in [0.25, 0.3) is 10.9 Å². The van der Waals surface area contributed by atoms with Crippen LogP contribution in [0.3, 0.4) is 0 Å². The number of para-hydroxylation sites is 1. The monoisotopic (exact) mass is 283 g/mol. The molecule has 3 nitrogen and oxygen atoms in total. The lowest BCUT2D eigenvalue weighted by Gasteiger charge is -2.34. The Hall–Kier alpha value is -1.45. The van der Waals surface area contributed by atoms with Crippen molar-refractivity contribution in [1.82, 2.24) is 15.2 Å². The molecular weight excluding hydrogens is 258 g/mol. The molecule has 0 atom stereocenters. The smallest absolute Gasteiger partial charge is 0.0705 e. The lowest BCUT2D eigenvalue weighted by atomic mass is 10.0. The standard InChI is InChI=1S/C18H25N3/c1-14(2)21-11-9-16(10-12-21)19-13-17-8-7-15-5-3-4-6-18(15)20-17/h3-8,14,16,19H,9-13H2,1-2H3. The van der Waals surface area contributed by atoms with Crippen molar-refractivity contribution in [2.45, 2.75) is 45.3 Å². The van der Waals surface area contributed by atoms with Crippen molar-refractivity contribution in [3.63, 3.8) is 0 Å². The van der Waals surface area contributed by atoms with Gasteiger partial charge in [-0.3, -0.25) is 4.98 Å². The van der Waals surface area contributed by atoms with Crippen LogP contribution < -0.4 is 5.32 Å². The summed E-state index contributed by atoms with van der Waals surface area (Å²) in [6.07, 6.45) is 2.48. The van der Waals surface area contributed by atoms with Crippen molar-refractivity contribution in [3.05, 3.63) is 42.1 Å². The van der Waals surface area contributed by atoms with E-state index in [1.165, 1.54) is 31.3 Å².